The number of fused-ring (bicyclic) bond motifs is 2. The molecule has 1 amide bonds. The van der Waals surface area contributed by atoms with Gasteiger partial charge in [0.1, 0.15) is 5.84 Å². The molecule has 2 aliphatic heterocycles. The van der Waals surface area contributed by atoms with E-state index < -0.39 is 0 Å². The zero-order valence-corrected chi connectivity index (χ0v) is 11.9. The number of anilines is 1. The Morgan fingerprint density at radius 1 is 1.47 bits per heavy atom. The third-order valence-electron chi connectivity index (χ3n) is 3.25. The van der Waals surface area contributed by atoms with Crippen LogP contribution in [0.3, 0.4) is 0 Å². The van der Waals surface area contributed by atoms with Gasteiger partial charge in [0.2, 0.25) is 0 Å². The van der Waals surface area contributed by atoms with E-state index in [-0.39, 0.29) is 11.9 Å². The molecular weight excluding hydrogens is 282 g/mol. The maximum Gasteiger partial charge on any atom is 0.257 e. The lowest BCUT2D eigenvalue weighted by molar-refractivity contribution is 0.0783. The van der Waals surface area contributed by atoms with Crippen molar-refractivity contribution in [3.63, 3.8) is 0 Å². The Kier molecular flexibility index (Phi) is 3.66. The van der Waals surface area contributed by atoms with E-state index in [1.165, 1.54) is 0 Å². The number of alkyl halides is 1. The van der Waals surface area contributed by atoms with Gasteiger partial charge in [-0.2, -0.15) is 0 Å². The van der Waals surface area contributed by atoms with Crippen LogP contribution in [0.25, 0.3) is 0 Å². The Hall–Kier alpha value is -1.20. The average Bonchev–Trinajstić information content (AvgIpc) is 2.88. The molecule has 1 aromatic rings. The summed E-state index contributed by atoms with van der Waals surface area (Å²) >= 11 is 7.47. The fraction of sp³-hybridized carbons (Fsp3) is 0.385. The molecule has 1 saturated heterocycles. The second-order valence-corrected chi connectivity index (χ2v) is 5.79. The molecule has 2 aliphatic rings. The molecule has 2 heterocycles. The molecular formula is C13H14ClN3OS. The van der Waals surface area contributed by atoms with Crippen molar-refractivity contribution < 1.29 is 4.79 Å². The van der Waals surface area contributed by atoms with E-state index in [1.807, 2.05) is 29.2 Å². The number of halogens is 1. The van der Waals surface area contributed by atoms with Crippen molar-refractivity contribution >= 4 is 40.8 Å². The highest BCUT2D eigenvalue weighted by molar-refractivity contribution is 7.99. The van der Waals surface area contributed by atoms with Crippen LogP contribution >= 0.6 is 23.4 Å². The van der Waals surface area contributed by atoms with Crippen LogP contribution in [0.5, 0.6) is 0 Å². The molecule has 0 aliphatic carbocycles. The summed E-state index contributed by atoms with van der Waals surface area (Å²) in [6.45, 7) is 0.565. The van der Waals surface area contributed by atoms with Crippen molar-refractivity contribution in [3.05, 3.63) is 29.8 Å². The normalized spacial score (nSPS) is 23.8. The molecule has 1 N–H and O–H groups in total. The predicted octanol–water partition coefficient (Wildman–Crippen LogP) is 2.26. The number of hydrogen-bond donors (Lipinski definition) is 1. The van der Waals surface area contributed by atoms with Crippen molar-refractivity contribution in [1.29, 1.82) is 0 Å². The number of benzene rings is 1. The molecule has 1 fully saturated rings. The van der Waals surface area contributed by atoms with Crippen LogP contribution in [0.4, 0.5) is 5.69 Å². The van der Waals surface area contributed by atoms with Crippen molar-refractivity contribution in [3.8, 4) is 0 Å². The highest BCUT2D eigenvalue weighted by atomic mass is 35.5. The molecule has 4 nitrogen and oxygen atoms in total. The second-order valence-electron chi connectivity index (χ2n) is 4.42. The lowest BCUT2D eigenvalue weighted by atomic mass is 10.1. The first kappa shape index (κ1) is 12.8. The fourth-order valence-corrected chi connectivity index (χ4v) is 3.58. The summed E-state index contributed by atoms with van der Waals surface area (Å²) in [7, 11) is 0. The van der Waals surface area contributed by atoms with Gasteiger partial charge in [0.25, 0.3) is 5.91 Å². The SMILES string of the molecule is O=C1c2ccccc2NC(=NCCCl)C2CSCN12. The van der Waals surface area contributed by atoms with Gasteiger partial charge in [-0.25, -0.2) is 0 Å². The van der Waals surface area contributed by atoms with Gasteiger partial charge >= 0.3 is 0 Å². The lowest BCUT2D eigenvalue weighted by Gasteiger charge is -2.21. The van der Waals surface area contributed by atoms with Gasteiger partial charge in [0.15, 0.2) is 0 Å². The van der Waals surface area contributed by atoms with Gasteiger partial charge in [-0.3, -0.25) is 9.79 Å². The Morgan fingerprint density at radius 2 is 2.32 bits per heavy atom. The molecule has 0 spiro atoms. The molecule has 1 unspecified atom stereocenters. The molecule has 19 heavy (non-hydrogen) atoms. The number of amides is 1. The van der Waals surface area contributed by atoms with E-state index in [9.17, 15) is 4.79 Å². The topological polar surface area (TPSA) is 44.7 Å². The number of carbonyl (C=O) groups excluding carboxylic acids is 1. The largest absolute Gasteiger partial charge is 0.342 e. The molecule has 0 radical (unpaired) electrons. The van der Waals surface area contributed by atoms with Gasteiger partial charge < -0.3 is 10.2 Å². The van der Waals surface area contributed by atoms with Gasteiger partial charge in [0.05, 0.1) is 29.7 Å². The van der Waals surface area contributed by atoms with Crippen molar-refractivity contribution in [2.24, 2.45) is 4.99 Å². The van der Waals surface area contributed by atoms with Gasteiger partial charge in [-0.15, -0.1) is 23.4 Å². The summed E-state index contributed by atoms with van der Waals surface area (Å²) in [5.74, 6) is 3.02. The molecule has 0 aromatic heterocycles. The number of hydrogen-bond acceptors (Lipinski definition) is 3. The zero-order chi connectivity index (χ0) is 13.2. The van der Waals surface area contributed by atoms with E-state index in [4.69, 9.17) is 11.6 Å². The van der Waals surface area contributed by atoms with Crippen LogP contribution in [0.1, 0.15) is 10.4 Å². The van der Waals surface area contributed by atoms with Crippen molar-refractivity contribution in [2.75, 3.05) is 29.4 Å². The number of carbonyl (C=O) groups is 1. The van der Waals surface area contributed by atoms with Crippen LogP contribution < -0.4 is 5.32 Å². The number of nitrogens with one attached hydrogen (secondary N) is 1. The van der Waals surface area contributed by atoms with E-state index in [2.05, 4.69) is 10.3 Å². The summed E-state index contributed by atoms with van der Waals surface area (Å²) < 4.78 is 0. The molecule has 6 heteroatoms. The summed E-state index contributed by atoms with van der Waals surface area (Å²) in [6, 6.07) is 7.61. The number of amidine groups is 1. The van der Waals surface area contributed by atoms with E-state index in [1.54, 1.807) is 11.8 Å². The number of para-hydroxylation sites is 1. The number of nitrogens with zero attached hydrogens (tertiary/aromatic N) is 2. The molecule has 100 valence electrons. The highest BCUT2D eigenvalue weighted by Crippen LogP contribution is 2.30. The van der Waals surface area contributed by atoms with Crippen LogP contribution in [0.15, 0.2) is 29.3 Å². The number of aliphatic imine (C=N–C) groups is 1. The molecule has 1 atom stereocenters. The Morgan fingerprint density at radius 3 is 3.16 bits per heavy atom. The van der Waals surface area contributed by atoms with Crippen molar-refractivity contribution in [2.45, 2.75) is 6.04 Å². The highest BCUT2D eigenvalue weighted by Gasteiger charge is 2.37. The van der Waals surface area contributed by atoms with Crippen LogP contribution in [-0.4, -0.2) is 46.7 Å². The monoisotopic (exact) mass is 295 g/mol. The van der Waals surface area contributed by atoms with E-state index in [0.717, 1.165) is 23.2 Å². The molecule has 3 rings (SSSR count). The smallest absolute Gasteiger partial charge is 0.257 e. The first-order valence-corrected chi connectivity index (χ1v) is 7.85. The average molecular weight is 296 g/mol. The van der Waals surface area contributed by atoms with Crippen LogP contribution in [-0.2, 0) is 0 Å². The minimum Gasteiger partial charge on any atom is -0.342 e. The zero-order valence-electron chi connectivity index (χ0n) is 10.3. The first-order chi connectivity index (χ1) is 9.31. The Labute approximate surface area is 121 Å². The van der Waals surface area contributed by atoms with Gasteiger partial charge in [-0.05, 0) is 12.1 Å². The van der Waals surface area contributed by atoms with Gasteiger partial charge in [0, 0.05) is 11.6 Å². The van der Waals surface area contributed by atoms with E-state index >= 15 is 0 Å². The summed E-state index contributed by atoms with van der Waals surface area (Å²) in [6.07, 6.45) is 0. The number of thioether (sulfide) groups is 1. The third-order valence-corrected chi connectivity index (χ3v) is 4.43. The quantitative estimate of drug-likeness (QED) is 0.851. The second kappa shape index (κ2) is 5.43. The van der Waals surface area contributed by atoms with Crippen molar-refractivity contribution in [1.82, 2.24) is 4.90 Å². The predicted molar refractivity (Wildman–Crippen MR) is 80.4 cm³/mol. The summed E-state index contributed by atoms with van der Waals surface area (Å²) in [5.41, 5.74) is 1.55. The molecule has 0 bridgehead atoms. The Bertz CT molecular complexity index is 534. The maximum absolute atomic E-state index is 12.5. The van der Waals surface area contributed by atoms with Crippen LogP contribution in [0.2, 0.25) is 0 Å². The first-order valence-electron chi connectivity index (χ1n) is 6.16. The Balaban J connectivity index is 2.04. The fourth-order valence-electron chi connectivity index (χ4n) is 2.33. The summed E-state index contributed by atoms with van der Waals surface area (Å²) in [5, 5.41) is 3.31. The molecule has 1 aromatic carbocycles. The minimum absolute atomic E-state index is 0.0353. The minimum atomic E-state index is 0.0353. The van der Waals surface area contributed by atoms with Crippen LogP contribution in [0, 0.1) is 0 Å². The maximum atomic E-state index is 12.5. The van der Waals surface area contributed by atoms with E-state index in [0.29, 0.717) is 18.0 Å². The number of rotatable bonds is 2. The molecule has 0 saturated carbocycles. The third kappa shape index (κ3) is 2.32. The standard InChI is InChI=1S/C13H14ClN3OS/c14-5-6-15-12-11-7-19-8-17(11)13(18)9-3-1-2-4-10(9)16-12/h1-4,11H,5-8H2,(H,15,16). The lowest BCUT2D eigenvalue weighted by Crippen LogP contribution is -2.42. The van der Waals surface area contributed by atoms with Gasteiger partial charge in [-0.1, -0.05) is 12.1 Å². The summed E-state index contributed by atoms with van der Waals surface area (Å²) in [4.78, 5) is 18.9.